The van der Waals surface area contributed by atoms with E-state index in [0.717, 1.165) is 5.56 Å². The lowest BCUT2D eigenvalue weighted by molar-refractivity contribution is -0.384. The fraction of sp³-hybridized carbons (Fsp3) is 0.375. The molecule has 0 radical (unpaired) electrons. The zero-order chi connectivity index (χ0) is 17.0. The molecule has 23 heavy (non-hydrogen) atoms. The molecule has 0 fully saturated rings. The third-order valence-electron chi connectivity index (χ3n) is 3.40. The van der Waals surface area contributed by atoms with Gasteiger partial charge in [0.15, 0.2) is 0 Å². The highest BCUT2D eigenvalue weighted by Gasteiger charge is 2.19. The minimum atomic E-state index is -0.450. The van der Waals surface area contributed by atoms with Gasteiger partial charge in [0.1, 0.15) is 5.69 Å². The Morgan fingerprint density at radius 2 is 2.13 bits per heavy atom. The van der Waals surface area contributed by atoms with Gasteiger partial charge in [-0.25, -0.2) is 9.78 Å². The number of esters is 1. The first-order valence-corrected chi connectivity index (χ1v) is 7.33. The van der Waals surface area contributed by atoms with Gasteiger partial charge >= 0.3 is 5.97 Å². The molecule has 0 saturated carbocycles. The van der Waals surface area contributed by atoms with Crippen molar-refractivity contribution in [2.45, 2.75) is 26.8 Å². The number of nitro groups is 1. The van der Waals surface area contributed by atoms with Crippen molar-refractivity contribution >= 4 is 11.7 Å². The molecule has 1 heterocycles. The standard InChI is InChI=1S/C16H19N3O4/c1-11(2)9-23-16(20)15-8-17-10-18(15)12(3)13-5-4-6-14(7-13)19(21)22/h4-8,10-12H,9H2,1-3H3/t12-/m1/s1. The summed E-state index contributed by atoms with van der Waals surface area (Å²) in [7, 11) is 0. The molecule has 0 spiro atoms. The Morgan fingerprint density at radius 1 is 1.39 bits per heavy atom. The maximum absolute atomic E-state index is 12.2. The van der Waals surface area contributed by atoms with Crippen molar-refractivity contribution in [3.63, 3.8) is 0 Å². The number of aromatic nitrogens is 2. The molecule has 0 N–H and O–H groups in total. The molecular formula is C16H19N3O4. The van der Waals surface area contributed by atoms with Crippen LogP contribution in [0.1, 0.15) is 42.9 Å². The van der Waals surface area contributed by atoms with E-state index in [1.165, 1.54) is 24.7 Å². The number of carbonyl (C=O) groups is 1. The molecule has 0 aliphatic carbocycles. The lowest BCUT2D eigenvalue weighted by atomic mass is 10.1. The first kappa shape index (κ1) is 16.7. The van der Waals surface area contributed by atoms with E-state index < -0.39 is 10.9 Å². The number of carbonyl (C=O) groups excluding carboxylic acids is 1. The average molecular weight is 317 g/mol. The third kappa shape index (κ3) is 3.94. The summed E-state index contributed by atoms with van der Waals surface area (Å²) in [5.41, 5.74) is 1.05. The molecule has 0 bridgehead atoms. The molecule has 122 valence electrons. The van der Waals surface area contributed by atoms with Gasteiger partial charge in [0.2, 0.25) is 0 Å². The second kappa shape index (κ2) is 7.04. The number of non-ortho nitro benzene ring substituents is 1. The number of rotatable bonds is 6. The summed E-state index contributed by atoms with van der Waals surface area (Å²) >= 11 is 0. The molecule has 7 heteroatoms. The number of imidazole rings is 1. The summed E-state index contributed by atoms with van der Waals surface area (Å²) in [6.45, 7) is 6.09. The van der Waals surface area contributed by atoms with Crippen LogP contribution in [0.25, 0.3) is 0 Å². The van der Waals surface area contributed by atoms with Crippen LogP contribution in [0, 0.1) is 16.0 Å². The largest absolute Gasteiger partial charge is 0.461 e. The van der Waals surface area contributed by atoms with Gasteiger partial charge in [-0.2, -0.15) is 0 Å². The lowest BCUT2D eigenvalue weighted by Crippen LogP contribution is -2.17. The quantitative estimate of drug-likeness (QED) is 0.464. The molecule has 1 atom stereocenters. The summed E-state index contributed by atoms with van der Waals surface area (Å²) in [5, 5.41) is 10.9. The Morgan fingerprint density at radius 3 is 2.78 bits per heavy atom. The second-order valence-corrected chi connectivity index (χ2v) is 5.71. The highest BCUT2D eigenvalue weighted by molar-refractivity contribution is 5.87. The Bertz CT molecular complexity index is 709. The van der Waals surface area contributed by atoms with Gasteiger partial charge < -0.3 is 9.30 Å². The molecule has 0 aliphatic heterocycles. The number of nitro benzene ring substituents is 1. The Kier molecular flexibility index (Phi) is 5.10. The van der Waals surface area contributed by atoms with Crippen LogP contribution >= 0.6 is 0 Å². The first-order chi connectivity index (χ1) is 10.9. The molecule has 0 aliphatic rings. The molecule has 0 unspecified atom stereocenters. The van der Waals surface area contributed by atoms with E-state index in [1.807, 2.05) is 20.8 Å². The van der Waals surface area contributed by atoms with Crippen LogP contribution in [0.3, 0.4) is 0 Å². The maximum atomic E-state index is 12.2. The van der Waals surface area contributed by atoms with Crippen LogP contribution in [0.4, 0.5) is 5.69 Å². The van der Waals surface area contributed by atoms with Crippen molar-refractivity contribution in [1.29, 1.82) is 0 Å². The second-order valence-electron chi connectivity index (χ2n) is 5.71. The van der Waals surface area contributed by atoms with E-state index in [1.54, 1.807) is 16.7 Å². The van der Waals surface area contributed by atoms with Crippen molar-refractivity contribution in [3.8, 4) is 0 Å². The molecule has 0 amide bonds. The highest BCUT2D eigenvalue weighted by atomic mass is 16.6. The highest BCUT2D eigenvalue weighted by Crippen LogP contribution is 2.23. The Hall–Kier alpha value is -2.70. The van der Waals surface area contributed by atoms with E-state index in [-0.39, 0.29) is 17.6 Å². The topological polar surface area (TPSA) is 87.3 Å². The zero-order valence-corrected chi connectivity index (χ0v) is 13.3. The minimum Gasteiger partial charge on any atom is -0.461 e. The summed E-state index contributed by atoms with van der Waals surface area (Å²) in [6.07, 6.45) is 2.96. The Balaban J connectivity index is 2.25. The molecule has 1 aromatic heterocycles. The van der Waals surface area contributed by atoms with Crippen LogP contribution in [0.2, 0.25) is 0 Å². The number of nitrogens with zero attached hydrogens (tertiary/aromatic N) is 3. The molecule has 2 aromatic rings. The van der Waals surface area contributed by atoms with Gasteiger partial charge in [-0.3, -0.25) is 10.1 Å². The normalized spacial score (nSPS) is 12.2. The van der Waals surface area contributed by atoms with Crippen LogP contribution in [0.5, 0.6) is 0 Å². The van der Waals surface area contributed by atoms with Crippen molar-refractivity contribution in [2.75, 3.05) is 6.61 Å². The van der Waals surface area contributed by atoms with E-state index in [2.05, 4.69) is 4.98 Å². The van der Waals surface area contributed by atoms with Crippen molar-refractivity contribution in [2.24, 2.45) is 5.92 Å². The molecule has 7 nitrogen and oxygen atoms in total. The third-order valence-corrected chi connectivity index (χ3v) is 3.40. The smallest absolute Gasteiger partial charge is 0.356 e. The number of hydrogen-bond donors (Lipinski definition) is 0. The fourth-order valence-electron chi connectivity index (χ4n) is 2.15. The lowest BCUT2D eigenvalue weighted by Gasteiger charge is -2.16. The van der Waals surface area contributed by atoms with Gasteiger partial charge in [0.05, 0.1) is 30.1 Å². The van der Waals surface area contributed by atoms with Gasteiger partial charge in [-0.1, -0.05) is 26.0 Å². The number of ether oxygens (including phenoxy) is 1. The summed E-state index contributed by atoms with van der Waals surface area (Å²) in [6, 6.07) is 6.05. The zero-order valence-electron chi connectivity index (χ0n) is 13.3. The molecule has 2 rings (SSSR count). The van der Waals surface area contributed by atoms with Crippen molar-refractivity contribution in [3.05, 3.63) is 58.2 Å². The number of benzene rings is 1. The average Bonchev–Trinajstić information content (AvgIpc) is 3.01. The number of hydrogen-bond acceptors (Lipinski definition) is 5. The van der Waals surface area contributed by atoms with E-state index in [4.69, 9.17) is 4.74 Å². The maximum Gasteiger partial charge on any atom is 0.356 e. The van der Waals surface area contributed by atoms with E-state index >= 15 is 0 Å². The van der Waals surface area contributed by atoms with Crippen molar-refractivity contribution < 1.29 is 14.5 Å². The van der Waals surface area contributed by atoms with Crippen LogP contribution in [0.15, 0.2) is 36.8 Å². The molecular weight excluding hydrogens is 298 g/mol. The Labute approximate surface area is 134 Å². The summed E-state index contributed by atoms with van der Waals surface area (Å²) < 4.78 is 6.88. The van der Waals surface area contributed by atoms with Gasteiger partial charge in [-0.15, -0.1) is 0 Å². The van der Waals surface area contributed by atoms with Crippen LogP contribution < -0.4 is 0 Å². The first-order valence-electron chi connectivity index (χ1n) is 7.33. The monoisotopic (exact) mass is 317 g/mol. The van der Waals surface area contributed by atoms with Crippen LogP contribution in [-0.4, -0.2) is 27.1 Å². The fourth-order valence-corrected chi connectivity index (χ4v) is 2.15. The predicted molar refractivity (Wildman–Crippen MR) is 84.3 cm³/mol. The molecule has 0 saturated heterocycles. The van der Waals surface area contributed by atoms with E-state index in [9.17, 15) is 14.9 Å². The SMILES string of the molecule is CC(C)COC(=O)c1cncn1[C@H](C)c1cccc([N+](=O)[O-])c1. The van der Waals surface area contributed by atoms with E-state index in [0.29, 0.717) is 12.3 Å². The summed E-state index contributed by atoms with van der Waals surface area (Å²) in [4.78, 5) is 26.6. The van der Waals surface area contributed by atoms with Gasteiger partial charge in [0, 0.05) is 12.1 Å². The van der Waals surface area contributed by atoms with Gasteiger partial charge in [0.25, 0.3) is 5.69 Å². The predicted octanol–water partition coefficient (Wildman–Crippen LogP) is 3.21. The summed E-state index contributed by atoms with van der Waals surface area (Å²) in [5.74, 6) is -0.210. The minimum absolute atomic E-state index is 0.0124. The van der Waals surface area contributed by atoms with Gasteiger partial charge in [-0.05, 0) is 18.4 Å². The van der Waals surface area contributed by atoms with Crippen LogP contribution in [-0.2, 0) is 4.74 Å². The molecule has 1 aromatic carbocycles. The van der Waals surface area contributed by atoms with Crippen molar-refractivity contribution in [1.82, 2.24) is 9.55 Å².